The number of ether oxygens (including phenoxy) is 1. The average molecular weight is 242 g/mol. The fourth-order valence-electron chi connectivity index (χ4n) is 2.59. The van der Waals surface area contributed by atoms with Crippen LogP contribution in [-0.4, -0.2) is 54.0 Å². The van der Waals surface area contributed by atoms with Gasteiger partial charge in [0.1, 0.15) is 5.60 Å². The summed E-state index contributed by atoms with van der Waals surface area (Å²) in [7, 11) is 0. The molecule has 0 aliphatic carbocycles. The lowest BCUT2D eigenvalue weighted by molar-refractivity contribution is 0.0228. The topological polar surface area (TPSA) is 61.8 Å². The summed E-state index contributed by atoms with van der Waals surface area (Å²) in [5.41, 5.74) is -0.615. The molecule has 2 heterocycles. The summed E-state index contributed by atoms with van der Waals surface area (Å²) in [6, 6.07) is 0. The number of β-amino-alcohol motifs (C(OH)–C–C–N with tert-alkyl or cyclic N) is 1. The molecule has 0 aromatic heterocycles. The van der Waals surface area contributed by atoms with Gasteiger partial charge in [0, 0.05) is 31.6 Å². The minimum atomic E-state index is -0.459. The largest absolute Gasteiger partial charge is 0.444 e. The molecule has 98 valence electrons. The van der Waals surface area contributed by atoms with Crippen LogP contribution >= 0.6 is 0 Å². The van der Waals surface area contributed by atoms with E-state index in [1.165, 1.54) is 0 Å². The summed E-state index contributed by atoms with van der Waals surface area (Å²) in [6.45, 7) is 8.27. The predicted octanol–water partition coefficient (Wildman–Crippen LogP) is 0.578. The van der Waals surface area contributed by atoms with E-state index in [2.05, 4.69) is 5.32 Å². The molecule has 0 aromatic rings. The highest BCUT2D eigenvalue weighted by atomic mass is 16.6. The van der Waals surface area contributed by atoms with Gasteiger partial charge in [-0.2, -0.15) is 0 Å². The second kappa shape index (κ2) is 4.14. The van der Waals surface area contributed by atoms with E-state index < -0.39 is 5.60 Å². The summed E-state index contributed by atoms with van der Waals surface area (Å²) < 4.78 is 5.34. The molecular formula is C12H22N2O3. The van der Waals surface area contributed by atoms with Gasteiger partial charge in [-0.25, -0.2) is 4.79 Å². The van der Waals surface area contributed by atoms with E-state index in [1.807, 2.05) is 20.8 Å². The molecule has 5 nitrogen and oxygen atoms in total. The summed E-state index contributed by atoms with van der Waals surface area (Å²) in [4.78, 5) is 13.6. The summed E-state index contributed by atoms with van der Waals surface area (Å²) >= 11 is 0. The van der Waals surface area contributed by atoms with Crippen LogP contribution in [0, 0.1) is 5.41 Å². The third kappa shape index (κ3) is 2.55. The molecule has 17 heavy (non-hydrogen) atoms. The van der Waals surface area contributed by atoms with Gasteiger partial charge >= 0.3 is 6.09 Å². The lowest BCUT2D eigenvalue weighted by atomic mass is 9.84. The molecule has 0 saturated carbocycles. The van der Waals surface area contributed by atoms with E-state index in [0.717, 1.165) is 13.0 Å². The lowest BCUT2D eigenvalue weighted by Gasteiger charge is -2.28. The Morgan fingerprint density at radius 1 is 1.53 bits per heavy atom. The fourth-order valence-corrected chi connectivity index (χ4v) is 2.59. The zero-order chi connectivity index (χ0) is 12.7. The number of aliphatic hydroxyl groups is 1. The maximum atomic E-state index is 11.9. The first kappa shape index (κ1) is 12.6. The number of nitrogens with zero attached hydrogens (tertiary/aromatic N) is 1. The van der Waals surface area contributed by atoms with Gasteiger partial charge in [0.05, 0.1) is 6.10 Å². The maximum Gasteiger partial charge on any atom is 0.410 e. The number of hydrogen-bond donors (Lipinski definition) is 2. The predicted molar refractivity (Wildman–Crippen MR) is 63.7 cm³/mol. The van der Waals surface area contributed by atoms with Gasteiger partial charge in [0.15, 0.2) is 0 Å². The van der Waals surface area contributed by atoms with Crippen LogP contribution in [0.4, 0.5) is 4.79 Å². The van der Waals surface area contributed by atoms with Crippen molar-refractivity contribution in [1.29, 1.82) is 0 Å². The third-order valence-electron chi connectivity index (χ3n) is 3.56. The second-order valence-corrected chi connectivity index (χ2v) is 6.16. The minimum Gasteiger partial charge on any atom is -0.444 e. The molecule has 2 N–H and O–H groups in total. The number of likely N-dealkylation sites (tertiary alicyclic amines) is 1. The molecule has 0 bridgehead atoms. The molecule has 5 heteroatoms. The molecule has 1 spiro atoms. The molecule has 2 fully saturated rings. The first-order chi connectivity index (χ1) is 7.82. The number of nitrogens with one attached hydrogen (secondary N) is 1. The average Bonchev–Trinajstić information content (AvgIpc) is 2.74. The molecule has 2 atom stereocenters. The second-order valence-electron chi connectivity index (χ2n) is 6.16. The Bertz CT molecular complexity index is 313. The van der Waals surface area contributed by atoms with Crippen molar-refractivity contribution in [1.82, 2.24) is 10.2 Å². The van der Waals surface area contributed by atoms with Gasteiger partial charge in [-0.1, -0.05) is 0 Å². The molecule has 2 unspecified atom stereocenters. The van der Waals surface area contributed by atoms with Crippen molar-refractivity contribution in [3.63, 3.8) is 0 Å². The summed E-state index contributed by atoms with van der Waals surface area (Å²) in [6.07, 6.45) is 0.226. The van der Waals surface area contributed by atoms with E-state index in [1.54, 1.807) is 4.90 Å². The molecule has 0 aromatic carbocycles. The molecule has 2 saturated heterocycles. The van der Waals surface area contributed by atoms with Gasteiger partial charge in [0.25, 0.3) is 0 Å². The van der Waals surface area contributed by atoms with Crippen molar-refractivity contribution in [2.45, 2.75) is 38.9 Å². The van der Waals surface area contributed by atoms with E-state index in [9.17, 15) is 9.90 Å². The van der Waals surface area contributed by atoms with E-state index in [0.29, 0.717) is 19.6 Å². The number of rotatable bonds is 0. The van der Waals surface area contributed by atoms with Gasteiger partial charge < -0.3 is 20.1 Å². The number of aliphatic hydroxyl groups excluding tert-OH is 1. The van der Waals surface area contributed by atoms with Crippen molar-refractivity contribution in [3.05, 3.63) is 0 Å². The Hall–Kier alpha value is -0.810. The molecule has 2 aliphatic rings. The highest BCUT2D eigenvalue weighted by Gasteiger charge is 2.48. The molecule has 2 rings (SSSR count). The first-order valence-corrected chi connectivity index (χ1v) is 6.19. The van der Waals surface area contributed by atoms with Crippen LogP contribution in [0.15, 0.2) is 0 Å². The third-order valence-corrected chi connectivity index (χ3v) is 3.56. The maximum absolute atomic E-state index is 11.9. The van der Waals surface area contributed by atoms with Crippen molar-refractivity contribution >= 4 is 6.09 Å². The van der Waals surface area contributed by atoms with Crippen molar-refractivity contribution in [2.75, 3.05) is 26.2 Å². The van der Waals surface area contributed by atoms with E-state index in [4.69, 9.17) is 4.74 Å². The van der Waals surface area contributed by atoms with Crippen LogP contribution < -0.4 is 5.32 Å². The Kier molecular flexibility index (Phi) is 3.08. The van der Waals surface area contributed by atoms with Gasteiger partial charge in [-0.15, -0.1) is 0 Å². The van der Waals surface area contributed by atoms with Crippen LogP contribution in [0.25, 0.3) is 0 Å². The van der Waals surface area contributed by atoms with Crippen LogP contribution in [0.2, 0.25) is 0 Å². The quantitative estimate of drug-likeness (QED) is 0.652. The van der Waals surface area contributed by atoms with Crippen LogP contribution in [-0.2, 0) is 4.74 Å². The standard InChI is InChI=1S/C12H22N2O3/c1-11(2,3)17-10(16)14-5-4-12(8-14)7-13-6-9(12)15/h9,13,15H,4-8H2,1-3H3. The van der Waals surface area contributed by atoms with Crippen LogP contribution in [0.5, 0.6) is 0 Å². The first-order valence-electron chi connectivity index (χ1n) is 6.19. The normalized spacial score (nSPS) is 33.4. The Balaban J connectivity index is 1.96. The molecule has 1 amide bonds. The minimum absolute atomic E-state index is 0.156. The van der Waals surface area contributed by atoms with E-state index >= 15 is 0 Å². The highest BCUT2D eigenvalue weighted by Crippen LogP contribution is 2.36. The molecule has 0 radical (unpaired) electrons. The SMILES string of the molecule is CC(C)(C)OC(=O)N1CCC2(CNCC2O)C1. The number of carbonyl (C=O) groups is 1. The Morgan fingerprint density at radius 2 is 2.24 bits per heavy atom. The Morgan fingerprint density at radius 3 is 2.76 bits per heavy atom. The summed E-state index contributed by atoms with van der Waals surface area (Å²) in [5, 5.41) is 13.2. The summed E-state index contributed by atoms with van der Waals surface area (Å²) in [5.74, 6) is 0. The zero-order valence-electron chi connectivity index (χ0n) is 10.8. The van der Waals surface area contributed by atoms with E-state index in [-0.39, 0.29) is 17.6 Å². The van der Waals surface area contributed by atoms with Crippen molar-refractivity contribution < 1.29 is 14.6 Å². The number of carbonyl (C=O) groups excluding carboxylic acids is 1. The highest BCUT2D eigenvalue weighted by molar-refractivity contribution is 5.68. The fraction of sp³-hybridized carbons (Fsp3) is 0.917. The smallest absolute Gasteiger partial charge is 0.410 e. The van der Waals surface area contributed by atoms with Gasteiger partial charge in [-0.05, 0) is 27.2 Å². The zero-order valence-corrected chi connectivity index (χ0v) is 10.8. The van der Waals surface area contributed by atoms with Crippen LogP contribution in [0.1, 0.15) is 27.2 Å². The van der Waals surface area contributed by atoms with Crippen molar-refractivity contribution in [2.24, 2.45) is 5.41 Å². The van der Waals surface area contributed by atoms with Gasteiger partial charge in [-0.3, -0.25) is 0 Å². The monoisotopic (exact) mass is 242 g/mol. The molecule has 2 aliphatic heterocycles. The Labute approximate surface area is 102 Å². The number of amides is 1. The number of hydrogen-bond acceptors (Lipinski definition) is 4. The lowest BCUT2D eigenvalue weighted by Crippen LogP contribution is -2.40. The molecular weight excluding hydrogens is 220 g/mol. The van der Waals surface area contributed by atoms with Crippen molar-refractivity contribution in [3.8, 4) is 0 Å². The van der Waals surface area contributed by atoms with Gasteiger partial charge in [0.2, 0.25) is 0 Å². The van der Waals surface area contributed by atoms with Crippen LogP contribution in [0.3, 0.4) is 0 Å².